The minimum atomic E-state index is -0.361. The summed E-state index contributed by atoms with van der Waals surface area (Å²) in [5.74, 6) is 0.597. The average molecular weight is 277 g/mol. The second-order valence-corrected chi connectivity index (χ2v) is 4.93. The van der Waals surface area contributed by atoms with Gasteiger partial charge in [0, 0.05) is 31.1 Å². The van der Waals surface area contributed by atoms with Crippen LogP contribution in [0.3, 0.4) is 0 Å². The van der Waals surface area contributed by atoms with Gasteiger partial charge in [0.1, 0.15) is 11.3 Å². The number of fused-ring (bicyclic) bond motifs is 1. The minimum Gasteiger partial charge on any atom is -0.431 e. The third kappa shape index (κ3) is 2.61. The Morgan fingerprint density at radius 3 is 2.63 bits per heavy atom. The lowest BCUT2D eigenvalue weighted by molar-refractivity contribution is 0.446. The molecule has 19 heavy (non-hydrogen) atoms. The van der Waals surface area contributed by atoms with Gasteiger partial charge in [0.2, 0.25) is 0 Å². The Balaban J connectivity index is 2.57. The summed E-state index contributed by atoms with van der Waals surface area (Å²) >= 11 is 5.11. The number of hydrogen-bond acceptors (Lipinski definition) is 4. The van der Waals surface area contributed by atoms with E-state index in [9.17, 15) is 4.79 Å². The van der Waals surface area contributed by atoms with Crippen molar-refractivity contribution < 1.29 is 9.15 Å². The fourth-order valence-corrected chi connectivity index (χ4v) is 1.89. The van der Waals surface area contributed by atoms with E-state index in [0.717, 1.165) is 16.5 Å². The Morgan fingerprint density at radius 2 is 2.00 bits per heavy atom. The third-order valence-electron chi connectivity index (χ3n) is 2.88. The van der Waals surface area contributed by atoms with Gasteiger partial charge in [-0.25, -0.2) is 4.79 Å². The van der Waals surface area contributed by atoms with Crippen LogP contribution in [0.2, 0.25) is 0 Å². The van der Waals surface area contributed by atoms with Gasteiger partial charge < -0.3 is 14.1 Å². The molecule has 0 aliphatic heterocycles. The number of thiocarbonyl (C=S) groups is 1. The molecular formula is C14H15NO3S. The molecule has 1 aromatic carbocycles. The van der Waals surface area contributed by atoms with Gasteiger partial charge >= 0.3 is 5.63 Å². The number of ether oxygens (including phenoxy) is 1. The first-order chi connectivity index (χ1) is 8.90. The molecule has 5 heteroatoms. The third-order valence-corrected chi connectivity index (χ3v) is 3.33. The number of rotatable bonds is 1. The molecule has 0 N–H and O–H groups in total. The topological polar surface area (TPSA) is 42.7 Å². The van der Waals surface area contributed by atoms with E-state index in [2.05, 4.69) is 0 Å². The summed E-state index contributed by atoms with van der Waals surface area (Å²) < 4.78 is 10.9. The van der Waals surface area contributed by atoms with Crippen molar-refractivity contribution in [1.82, 2.24) is 4.90 Å². The highest BCUT2D eigenvalue weighted by Gasteiger charge is 2.12. The van der Waals surface area contributed by atoms with Crippen LogP contribution in [-0.4, -0.2) is 24.2 Å². The highest BCUT2D eigenvalue weighted by atomic mass is 32.1. The quantitative estimate of drug-likeness (QED) is 0.592. The van der Waals surface area contributed by atoms with E-state index in [1.54, 1.807) is 4.90 Å². The Kier molecular flexibility index (Phi) is 3.57. The molecule has 0 aliphatic rings. The van der Waals surface area contributed by atoms with E-state index >= 15 is 0 Å². The number of nitrogens with zero attached hydrogens (tertiary/aromatic N) is 1. The van der Waals surface area contributed by atoms with E-state index < -0.39 is 0 Å². The normalized spacial score (nSPS) is 10.5. The molecule has 2 aromatic rings. The maximum atomic E-state index is 11.5. The van der Waals surface area contributed by atoms with Gasteiger partial charge in [0.15, 0.2) is 0 Å². The zero-order valence-electron chi connectivity index (χ0n) is 11.3. The molecule has 0 fully saturated rings. The predicted molar refractivity (Wildman–Crippen MR) is 78.9 cm³/mol. The second kappa shape index (κ2) is 5.01. The van der Waals surface area contributed by atoms with Crippen LogP contribution < -0.4 is 10.4 Å². The smallest absolute Gasteiger partial charge is 0.336 e. The first kappa shape index (κ1) is 13.5. The van der Waals surface area contributed by atoms with Gasteiger partial charge in [-0.05, 0) is 43.8 Å². The molecule has 0 saturated carbocycles. The van der Waals surface area contributed by atoms with Crippen molar-refractivity contribution in [3.8, 4) is 5.75 Å². The van der Waals surface area contributed by atoms with Crippen LogP contribution in [0, 0.1) is 13.8 Å². The molecule has 0 spiro atoms. The van der Waals surface area contributed by atoms with Crippen LogP contribution in [0.1, 0.15) is 11.1 Å². The van der Waals surface area contributed by atoms with Gasteiger partial charge in [-0.3, -0.25) is 0 Å². The summed E-state index contributed by atoms with van der Waals surface area (Å²) in [5, 5.41) is 1.26. The highest BCUT2D eigenvalue weighted by Crippen LogP contribution is 2.28. The summed E-state index contributed by atoms with van der Waals surface area (Å²) in [6.07, 6.45) is 0. The number of hydrogen-bond donors (Lipinski definition) is 0. The summed E-state index contributed by atoms with van der Waals surface area (Å²) in [7, 11) is 3.62. The van der Waals surface area contributed by atoms with E-state index in [1.807, 2.05) is 40.1 Å². The lowest BCUT2D eigenvalue weighted by atomic mass is 10.1. The molecule has 0 unspecified atom stereocenters. The standard InChI is InChI=1S/C14H15NO3S/c1-8-7-12(16)18-13-9(2)11(6-5-10(8)13)17-14(19)15(3)4/h5-7H,1-4H3. The molecule has 0 amide bonds. The summed E-state index contributed by atoms with van der Waals surface area (Å²) in [6, 6.07) is 5.18. The first-order valence-electron chi connectivity index (χ1n) is 5.83. The SMILES string of the molecule is Cc1cc(=O)oc2c(C)c(OC(=S)N(C)C)ccc12. The van der Waals surface area contributed by atoms with Crippen molar-refractivity contribution in [3.05, 3.63) is 39.7 Å². The molecule has 0 atom stereocenters. The van der Waals surface area contributed by atoms with E-state index in [1.165, 1.54) is 6.07 Å². The van der Waals surface area contributed by atoms with Crippen LogP contribution in [0.5, 0.6) is 5.75 Å². The molecular weight excluding hydrogens is 262 g/mol. The fraction of sp³-hybridized carbons (Fsp3) is 0.286. The van der Waals surface area contributed by atoms with Crippen LogP contribution in [0.25, 0.3) is 11.0 Å². The van der Waals surface area contributed by atoms with Gasteiger partial charge in [0.25, 0.3) is 5.17 Å². The fourth-order valence-electron chi connectivity index (χ4n) is 1.80. The zero-order chi connectivity index (χ0) is 14.2. The van der Waals surface area contributed by atoms with Crippen LogP contribution in [0.4, 0.5) is 0 Å². The summed E-state index contributed by atoms with van der Waals surface area (Å²) in [6.45, 7) is 3.72. The van der Waals surface area contributed by atoms with Crippen molar-refractivity contribution in [2.75, 3.05) is 14.1 Å². The molecule has 0 aliphatic carbocycles. The molecule has 0 radical (unpaired) electrons. The van der Waals surface area contributed by atoms with Gasteiger partial charge in [-0.2, -0.15) is 0 Å². The molecule has 1 heterocycles. The van der Waals surface area contributed by atoms with Crippen LogP contribution in [-0.2, 0) is 0 Å². The average Bonchev–Trinajstić information content (AvgIpc) is 2.33. The Labute approximate surface area is 116 Å². The molecule has 0 bridgehead atoms. The zero-order valence-corrected chi connectivity index (χ0v) is 12.1. The second-order valence-electron chi connectivity index (χ2n) is 4.58. The van der Waals surface area contributed by atoms with Crippen molar-refractivity contribution in [1.29, 1.82) is 0 Å². The van der Waals surface area contributed by atoms with E-state index in [0.29, 0.717) is 16.5 Å². The monoisotopic (exact) mass is 277 g/mol. The maximum Gasteiger partial charge on any atom is 0.336 e. The van der Waals surface area contributed by atoms with Crippen molar-refractivity contribution in [2.24, 2.45) is 0 Å². The van der Waals surface area contributed by atoms with E-state index in [-0.39, 0.29) is 5.63 Å². The van der Waals surface area contributed by atoms with Crippen molar-refractivity contribution in [3.63, 3.8) is 0 Å². The molecule has 1 aromatic heterocycles. The largest absolute Gasteiger partial charge is 0.431 e. The summed E-state index contributed by atoms with van der Waals surface area (Å²) in [5.41, 5.74) is 1.84. The van der Waals surface area contributed by atoms with Crippen molar-refractivity contribution >= 4 is 28.4 Å². The Hall–Kier alpha value is -1.88. The molecule has 0 saturated heterocycles. The predicted octanol–water partition coefficient (Wildman–Crippen LogP) is 2.64. The number of benzene rings is 1. The lowest BCUT2D eigenvalue weighted by Gasteiger charge is -2.16. The van der Waals surface area contributed by atoms with Crippen LogP contribution >= 0.6 is 12.2 Å². The lowest BCUT2D eigenvalue weighted by Crippen LogP contribution is -2.25. The van der Waals surface area contributed by atoms with Gasteiger partial charge in [-0.15, -0.1) is 0 Å². The molecule has 2 rings (SSSR count). The molecule has 100 valence electrons. The Morgan fingerprint density at radius 1 is 1.32 bits per heavy atom. The van der Waals surface area contributed by atoms with E-state index in [4.69, 9.17) is 21.4 Å². The maximum absolute atomic E-state index is 11.5. The minimum absolute atomic E-state index is 0.359. The number of aryl methyl sites for hydroxylation is 2. The summed E-state index contributed by atoms with van der Waals surface area (Å²) in [4.78, 5) is 13.2. The van der Waals surface area contributed by atoms with Gasteiger partial charge in [0.05, 0.1) is 0 Å². The molecule has 4 nitrogen and oxygen atoms in total. The van der Waals surface area contributed by atoms with Gasteiger partial charge in [-0.1, -0.05) is 0 Å². The van der Waals surface area contributed by atoms with Crippen LogP contribution in [0.15, 0.2) is 27.4 Å². The first-order valence-corrected chi connectivity index (χ1v) is 6.24. The highest BCUT2D eigenvalue weighted by molar-refractivity contribution is 7.80. The Bertz CT molecular complexity index is 704. The van der Waals surface area contributed by atoms with Crippen molar-refractivity contribution in [2.45, 2.75) is 13.8 Å².